The van der Waals surface area contributed by atoms with Gasteiger partial charge in [-0.15, -0.1) is 27.8 Å². The van der Waals surface area contributed by atoms with Crippen molar-refractivity contribution in [3.63, 3.8) is 0 Å². The van der Waals surface area contributed by atoms with Gasteiger partial charge in [-0.3, -0.25) is 9.47 Å². The minimum absolute atomic E-state index is 0.545. The van der Waals surface area contributed by atoms with E-state index in [2.05, 4.69) is 45.3 Å². The predicted molar refractivity (Wildman–Crippen MR) is 110 cm³/mol. The van der Waals surface area contributed by atoms with Gasteiger partial charge < -0.3 is 0 Å². The molecule has 0 aromatic carbocycles. The molecule has 0 unspecified atom stereocenters. The molecule has 0 bridgehead atoms. The zero-order valence-corrected chi connectivity index (χ0v) is 17.2. The van der Waals surface area contributed by atoms with Crippen LogP contribution in [-0.4, -0.2) is 25.8 Å². The molecule has 3 aromatic heterocycles. The van der Waals surface area contributed by atoms with Gasteiger partial charge in [0.05, 0.1) is 11.5 Å². The van der Waals surface area contributed by atoms with Crippen molar-refractivity contribution in [3.8, 4) is 10.7 Å². The van der Waals surface area contributed by atoms with E-state index < -0.39 is 0 Å². The van der Waals surface area contributed by atoms with Crippen molar-refractivity contribution in [1.82, 2.24) is 19.2 Å². The first kappa shape index (κ1) is 16.9. The topological polar surface area (TPSA) is 26.0 Å². The minimum Gasteiger partial charge on any atom is -0.300 e. The molecule has 1 fully saturated rings. The molecule has 0 spiro atoms. The first-order chi connectivity index (χ1) is 12.8. The van der Waals surface area contributed by atoms with Gasteiger partial charge in [-0.25, -0.2) is 4.68 Å². The molecular formula is C19H22N4S3. The van der Waals surface area contributed by atoms with Crippen LogP contribution in [0.5, 0.6) is 0 Å². The summed E-state index contributed by atoms with van der Waals surface area (Å²) in [6, 6.07) is 7.09. The highest BCUT2D eigenvalue weighted by molar-refractivity contribution is 7.71. The van der Waals surface area contributed by atoms with E-state index in [-0.39, 0.29) is 0 Å². The second kappa shape index (κ2) is 6.71. The number of nitrogens with zero attached hydrogens (tertiary/aromatic N) is 4. The van der Waals surface area contributed by atoms with Crippen molar-refractivity contribution >= 4 is 34.9 Å². The third kappa shape index (κ3) is 2.81. The average molecular weight is 403 g/mol. The smallest absolute Gasteiger partial charge is 0.199 e. The third-order valence-electron chi connectivity index (χ3n) is 5.48. The van der Waals surface area contributed by atoms with Gasteiger partial charge in [0.25, 0.3) is 0 Å². The van der Waals surface area contributed by atoms with Crippen molar-refractivity contribution in [1.29, 1.82) is 0 Å². The normalized spacial score (nSPS) is 20.4. The minimum atomic E-state index is 0.545. The standard InChI is InChI=1S/C19H22N4S3/c1-2-22-18(16-4-3-10-25-16)20-23(19(22)24)12-21-9-7-15-14(8-11-26-15)17(21)13-5-6-13/h3-4,8,10-11,13,17H,2,5-7,9,12H2,1H3/t17-/m1/s1. The molecule has 3 aromatic rings. The molecule has 0 saturated heterocycles. The van der Waals surface area contributed by atoms with E-state index in [9.17, 15) is 0 Å². The Labute approximate surface area is 166 Å². The van der Waals surface area contributed by atoms with Gasteiger partial charge in [-0.05, 0) is 72.8 Å². The fourth-order valence-electron chi connectivity index (χ4n) is 4.10. The summed E-state index contributed by atoms with van der Waals surface area (Å²) in [5.74, 6) is 1.81. The van der Waals surface area contributed by atoms with Gasteiger partial charge in [0.15, 0.2) is 10.6 Å². The van der Waals surface area contributed by atoms with Crippen molar-refractivity contribution < 1.29 is 0 Å². The van der Waals surface area contributed by atoms with Crippen LogP contribution in [0.2, 0.25) is 0 Å². The van der Waals surface area contributed by atoms with E-state index >= 15 is 0 Å². The molecule has 1 aliphatic carbocycles. The number of rotatable bonds is 5. The second-order valence-electron chi connectivity index (χ2n) is 7.11. The fourth-order valence-corrected chi connectivity index (χ4v) is 6.04. The summed E-state index contributed by atoms with van der Waals surface area (Å²) in [4.78, 5) is 5.38. The highest BCUT2D eigenvalue weighted by Crippen LogP contribution is 2.48. The van der Waals surface area contributed by atoms with Gasteiger partial charge in [0.2, 0.25) is 0 Å². The van der Waals surface area contributed by atoms with Crippen LogP contribution in [0.25, 0.3) is 10.7 Å². The Morgan fingerprint density at radius 2 is 2.12 bits per heavy atom. The van der Waals surface area contributed by atoms with E-state index in [1.54, 1.807) is 21.8 Å². The first-order valence-corrected chi connectivity index (χ1v) is 11.4. The number of aromatic nitrogens is 3. The Morgan fingerprint density at radius 3 is 2.85 bits per heavy atom. The average Bonchev–Trinajstić information content (AvgIpc) is 3.05. The van der Waals surface area contributed by atoms with Crippen molar-refractivity contribution in [3.05, 3.63) is 44.2 Å². The molecule has 2 aliphatic rings. The maximum absolute atomic E-state index is 5.78. The van der Waals surface area contributed by atoms with Crippen LogP contribution in [-0.2, 0) is 19.6 Å². The summed E-state index contributed by atoms with van der Waals surface area (Å²) in [5.41, 5.74) is 1.56. The molecule has 136 valence electrons. The maximum Gasteiger partial charge on any atom is 0.199 e. The molecule has 0 amide bonds. The zero-order chi connectivity index (χ0) is 17.7. The lowest BCUT2D eigenvalue weighted by Crippen LogP contribution is -2.37. The van der Waals surface area contributed by atoms with Crippen LogP contribution in [0.15, 0.2) is 29.0 Å². The third-order valence-corrected chi connectivity index (χ3v) is 7.78. The molecule has 5 rings (SSSR count). The fraction of sp³-hybridized carbons (Fsp3) is 0.474. The van der Waals surface area contributed by atoms with Gasteiger partial charge in [-0.2, -0.15) is 0 Å². The van der Waals surface area contributed by atoms with Gasteiger partial charge in [0.1, 0.15) is 0 Å². The lowest BCUT2D eigenvalue weighted by atomic mass is 9.96. The molecule has 0 N–H and O–H groups in total. The van der Waals surface area contributed by atoms with Crippen molar-refractivity contribution in [2.75, 3.05) is 6.54 Å². The molecule has 4 heterocycles. The number of thiophene rings is 2. The van der Waals surface area contributed by atoms with E-state index in [1.807, 2.05) is 16.0 Å². The van der Waals surface area contributed by atoms with Crippen molar-refractivity contribution in [2.45, 2.75) is 45.4 Å². The van der Waals surface area contributed by atoms with E-state index in [0.717, 1.165) is 42.7 Å². The summed E-state index contributed by atoms with van der Waals surface area (Å²) in [5, 5.41) is 9.28. The predicted octanol–water partition coefficient (Wildman–Crippen LogP) is 5.19. The summed E-state index contributed by atoms with van der Waals surface area (Å²) in [6.07, 6.45) is 3.85. The van der Waals surface area contributed by atoms with Gasteiger partial charge in [-0.1, -0.05) is 6.07 Å². The molecule has 4 nitrogen and oxygen atoms in total. The molecule has 26 heavy (non-hydrogen) atoms. The Hall–Kier alpha value is -1.28. The summed E-state index contributed by atoms with van der Waals surface area (Å²) in [7, 11) is 0. The van der Waals surface area contributed by atoms with Gasteiger partial charge in [0, 0.05) is 24.0 Å². The molecule has 0 radical (unpaired) electrons. The quantitative estimate of drug-likeness (QED) is 0.549. The monoisotopic (exact) mass is 402 g/mol. The van der Waals surface area contributed by atoms with Crippen molar-refractivity contribution in [2.24, 2.45) is 5.92 Å². The van der Waals surface area contributed by atoms with E-state index in [1.165, 1.54) is 17.7 Å². The van der Waals surface area contributed by atoms with E-state index in [0.29, 0.717) is 6.04 Å². The number of fused-ring (bicyclic) bond motifs is 1. The molecule has 1 saturated carbocycles. The molecule has 1 atom stereocenters. The van der Waals surface area contributed by atoms with Crippen LogP contribution < -0.4 is 0 Å². The highest BCUT2D eigenvalue weighted by atomic mass is 32.1. The lowest BCUT2D eigenvalue weighted by Gasteiger charge is -2.35. The second-order valence-corrected chi connectivity index (χ2v) is 9.43. The molecule has 7 heteroatoms. The molecule has 1 aliphatic heterocycles. The molecular weight excluding hydrogens is 380 g/mol. The largest absolute Gasteiger partial charge is 0.300 e. The lowest BCUT2D eigenvalue weighted by molar-refractivity contribution is 0.117. The summed E-state index contributed by atoms with van der Waals surface area (Å²) < 4.78 is 5.04. The van der Waals surface area contributed by atoms with Crippen LogP contribution >= 0.6 is 34.9 Å². The number of hydrogen-bond donors (Lipinski definition) is 0. The SMILES string of the molecule is CCn1c(-c2cccs2)nn(CN2CCc3sccc3[C@H]2C2CC2)c1=S. The summed E-state index contributed by atoms with van der Waals surface area (Å²) in [6.45, 7) is 4.89. The van der Waals surface area contributed by atoms with Crippen LogP contribution in [0.3, 0.4) is 0 Å². The maximum atomic E-state index is 5.78. The Morgan fingerprint density at radius 1 is 1.23 bits per heavy atom. The Kier molecular flexibility index (Phi) is 4.35. The van der Waals surface area contributed by atoms with Crippen LogP contribution in [0.1, 0.15) is 36.2 Å². The zero-order valence-electron chi connectivity index (χ0n) is 14.8. The Bertz CT molecular complexity index is 961. The van der Waals surface area contributed by atoms with Gasteiger partial charge >= 0.3 is 0 Å². The number of hydrogen-bond acceptors (Lipinski definition) is 5. The highest BCUT2D eigenvalue weighted by Gasteiger charge is 2.40. The first-order valence-electron chi connectivity index (χ1n) is 9.28. The van der Waals surface area contributed by atoms with E-state index in [4.69, 9.17) is 17.3 Å². The van der Waals surface area contributed by atoms with Crippen LogP contribution in [0, 0.1) is 10.7 Å². The van der Waals surface area contributed by atoms with Crippen LogP contribution in [0.4, 0.5) is 0 Å². The summed E-state index contributed by atoms with van der Waals surface area (Å²) >= 11 is 9.43. The Balaban J connectivity index is 1.49.